The van der Waals surface area contributed by atoms with Crippen molar-refractivity contribution in [1.82, 2.24) is 5.32 Å². The van der Waals surface area contributed by atoms with Crippen molar-refractivity contribution in [2.45, 2.75) is 39.3 Å². The summed E-state index contributed by atoms with van der Waals surface area (Å²) in [6, 6.07) is 9.01. The second-order valence-corrected chi connectivity index (χ2v) is 5.15. The second-order valence-electron chi connectivity index (χ2n) is 5.15. The van der Waals surface area contributed by atoms with Gasteiger partial charge in [0.15, 0.2) is 0 Å². The summed E-state index contributed by atoms with van der Waals surface area (Å²) in [4.78, 5) is 2.28. The number of likely N-dealkylation sites (N-methyl/N-ethyl adjacent to an activating group) is 1. The number of anilines is 1. The zero-order valence-corrected chi connectivity index (χ0v) is 12.9. The maximum absolute atomic E-state index is 5.63. The molecule has 108 valence electrons. The lowest BCUT2D eigenvalue weighted by atomic mass is 10.0. The fourth-order valence-corrected chi connectivity index (χ4v) is 2.26. The fourth-order valence-electron chi connectivity index (χ4n) is 2.26. The number of ether oxygens (including phenoxy) is 1. The number of hydrogen-bond acceptors (Lipinski definition) is 3. The Hall–Kier alpha value is -1.06. The SMILES string of the molecule is CCC(NC)c1ccccc1N(C)CCOC(C)C. The Balaban J connectivity index is 2.75. The zero-order valence-electron chi connectivity index (χ0n) is 12.9. The number of benzene rings is 1. The molecule has 0 aliphatic heterocycles. The topological polar surface area (TPSA) is 24.5 Å². The molecule has 1 N–H and O–H groups in total. The van der Waals surface area contributed by atoms with Gasteiger partial charge in [-0.1, -0.05) is 25.1 Å². The molecule has 0 fully saturated rings. The third-order valence-electron chi connectivity index (χ3n) is 3.36. The standard InChI is InChI=1S/C16H28N2O/c1-6-15(17-4)14-9-7-8-10-16(14)18(5)11-12-19-13(2)3/h7-10,13,15,17H,6,11-12H2,1-5H3. The van der Waals surface area contributed by atoms with Crippen molar-refractivity contribution in [3.63, 3.8) is 0 Å². The average Bonchev–Trinajstić information content (AvgIpc) is 2.40. The number of hydrogen-bond donors (Lipinski definition) is 1. The highest BCUT2D eigenvalue weighted by atomic mass is 16.5. The monoisotopic (exact) mass is 264 g/mol. The van der Waals surface area contributed by atoms with Gasteiger partial charge in [-0.2, -0.15) is 0 Å². The van der Waals surface area contributed by atoms with Crippen LogP contribution in [0.1, 0.15) is 38.8 Å². The van der Waals surface area contributed by atoms with E-state index in [1.54, 1.807) is 0 Å². The molecule has 0 radical (unpaired) electrons. The molecule has 19 heavy (non-hydrogen) atoms. The Morgan fingerprint density at radius 3 is 2.53 bits per heavy atom. The Labute approximate surface area is 118 Å². The summed E-state index contributed by atoms with van der Waals surface area (Å²) in [6.45, 7) is 8.03. The summed E-state index contributed by atoms with van der Waals surface area (Å²) >= 11 is 0. The van der Waals surface area contributed by atoms with Gasteiger partial charge in [0, 0.05) is 25.3 Å². The molecule has 3 nitrogen and oxygen atoms in total. The van der Waals surface area contributed by atoms with Crippen LogP contribution in [0.3, 0.4) is 0 Å². The molecule has 1 aromatic carbocycles. The molecule has 0 saturated heterocycles. The van der Waals surface area contributed by atoms with E-state index < -0.39 is 0 Å². The van der Waals surface area contributed by atoms with Crippen LogP contribution in [0.4, 0.5) is 5.69 Å². The van der Waals surface area contributed by atoms with Crippen molar-refractivity contribution in [3.05, 3.63) is 29.8 Å². The van der Waals surface area contributed by atoms with E-state index in [4.69, 9.17) is 4.74 Å². The first kappa shape index (κ1) is 16.0. The minimum Gasteiger partial charge on any atom is -0.377 e. The van der Waals surface area contributed by atoms with Gasteiger partial charge in [-0.3, -0.25) is 0 Å². The third kappa shape index (κ3) is 4.84. The van der Waals surface area contributed by atoms with E-state index in [-0.39, 0.29) is 0 Å². The van der Waals surface area contributed by atoms with Crippen LogP contribution in [0.25, 0.3) is 0 Å². The third-order valence-corrected chi connectivity index (χ3v) is 3.36. The normalized spacial score (nSPS) is 12.7. The molecule has 0 amide bonds. The van der Waals surface area contributed by atoms with Gasteiger partial charge < -0.3 is 15.0 Å². The van der Waals surface area contributed by atoms with Crippen LogP contribution in [0.5, 0.6) is 0 Å². The van der Waals surface area contributed by atoms with Crippen molar-refractivity contribution in [1.29, 1.82) is 0 Å². The summed E-state index contributed by atoms with van der Waals surface area (Å²) in [6.07, 6.45) is 1.38. The van der Waals surface area contributed by atoms with Gasteiger partial charge in [0.25, 0.3) is 0 Å². The Bertz CT molecular complexity index is 362. The lowest BCUT2D eigenvalue weighted by Crippen LogP contribution is -2.26. The molecule has 0 bridgehead atoms. The van der Waals surface area contributed by atoms with Crippen molar-refractivity contribution in [3.8, 4) is 0 Å². The fraction of sp³-hybridized carbons (Fsp3) is 0.625. The molecule has 1 unspecified atom stereocenters. The molecular formula is C16H28N2O. The van der Waals surface area contributed by atoms with Crippen LogP contribution < -0.4 is 10.2 Å². The summed E-state index contributed by atoms with van der Waals surface area (Å²) in [5, 5.41) is 3.38. The average molecular weight is 264 g/mol. The Morgan fingerprint density at radius 2 is 1.95 bits per heavy atom. The van der Waals surface area contributed by atoms with Crippen LogP contribution in [0, 0.1) is 0 Å². The van der Waals surface area contributed by atoms with E-state index in [1.807, 2.05) is 7.05 Å². The molecule has 1 rings (SSSR count). The number of para-hydroxylation sites is 1. The highest BCUT2D eigenvalue weighted by molar-refractivity contribution is 5.54. The lowest BCUT2D eigenvalue weighted by molar-refractivity contribution is 0.0846. The minimum absolute atomic E-state index is 0.296. The Morgan fingerprint density at radius 1 is 1.26 bits per heavy atom. The van der Waals surface area contributed by atoms with Crippen LogP contribution in [-0.2, 0) is 4.74 Å². The van der Waals surface area contributed by atoms with Gasteiger partial charge >= 0.3 is 0 Å². The minimum atomic E-state index is 0.296. The van der Waals surface area contributed by atoms with Crippen molar-refractivity contribution in [2.24, 2.45) is 0 Å². The van der Waals surface area contributed by atoms with E-state index in [2.05, 4.69) is 62.3 Å². The van der Waals surface area contributed by atoms with E-state index in [1.165, 1.54) is 11.3 Å². The summed E-state index contributed by atoms with van der Waals surface area (Å²) in [5.41, 5.74) is 2.65. The molecule has 1 atom stereocenters. The Kier molecular flexibility index (Phi) is 6.89. The molecule has 0 aromatic heterocycles. The van der Waals surface area contributed by atoms with E-state index in [0.29, 0.717) is 12.1 Å². The summed E-state index contributed by atoms with van der Waals surface area (Å²) in [5.74, 6) is 0. The van der Waals surface area contributed by atoms with Crippen molar-refractivity contribution < 1.29 is 4.74 Å². The van der Waals surface area contributed by atoms with E-state index in [0.717, 1.165) is 19.6 Å². The molecule has 0 spiro atoms. The lowest BCUT2D eigenvalue weighted by Gasteiger charge is -2.26. The maximum Gasteiger partial charge on any atom is 0.0644 e. The largest absolute Gasteiger partial charge is 0.377 e. The molecule has 0 aliphatic carbocycles. The van der Waals surface area contributed by atoms with Crippen molar-refractivity contribution >= 4 is 5.69 Å². The molecule has 0 saturated carbocycles. The molecular weight excluding hydrogens is 236 g/mol. The van der Waals surface area contributed by atoms with Gasteiger partial charge in [0.1, 0.15) is 0 Å². The van der Waals surface area contributed by atoms with Crippen LogP contribution in [0.15, 0.2) is 24.3 Å². The van der Waals surface area contributed by atoms with Gasteiger partial charge in [-0.25, -0.2) is 0 Å². The highest BCUT2D eigenvalue weighted by Crippen LogP contribution is 2.27. The summed E-state index contributed by atoms with van der Waals surface area (Å²) < 4.78 is 5.63. The number of nitrogens with zero attached hydrogens (tertiary/aromatic N) is 1. The highest BCUT2D eigenvalue weighted by Gasteiger charge is 2.13. The smallest absolute Gasteiger partial charge is 0.0644 e. The quantitative estimate of drug-likeness (QED) is 0.780. The first-order chi connectivity index (χ1) is 9.10. The second kappa shape index (κ2) is 8.18. The van der Waals surface area contributed by atoms with Crippen molar-refractivity contribution in [2.75, 3.05) is 32.1 Å². The first-order valence-electron chi connectivity index (χ1n) is 7.19. The van der Waals surface area contributed by atoms with E-state index >= 15 is 0 Å². The van der Waals surface area contributed by atoms with Gasteiger partial charge in [-0.05, 0) is 38.9 Å². The molecule has 0 heterocycles. The predicted octanol–water partition coefficient (Wildman–Crippen LogP) is 3.22. The van der Waals surface area contributed by atoms with Crippen LogP contribution >= 0.6 is 0 Å². The van der Waals surface area contributed by atoms with E-state index in [9.17, 15) is 0 Å². The molecule has 1 aromatic rings. The zero-order chi connectivity index (χ0) is 14.3. The predicted molar refractivity (Wildman–Crippen MR) is 82.9 cm³/mol. The van der Waals surface area contributed by atoms with Crippen LogP contribution in [-0.4, -0.2) is 33.4 Å². The summed E-state index contributed by atoms with van der Waals surface area (Å²) in [7, 11) is 4.15. The first-order valence-corrected chi connectivity index (χ1v) is 7.19. The van der Waals surface area contributed by atoms with Gasteiger partial charge in [0.2, 0.25) is 0 Å². The van der Waals surface area contributed by atoms with Crippen LogP contribution in [0.2, 0.25) is 0 Å². The number of rotatable bonds is 8. The number of nitrogens with one attached hydrogen (secondary N) is 1. The van der Waals surface area contributed by atoms with Gasteiger partial charge in [0.05, 0.1) is 12.7 Å². The van der Waals surface area contributed by atoms with Gasteiger partial charge in [-0.15, -0.1) is 0 Å². The molecule has 3 heteroatoms. The maximum atomic E-state index is 5.63. The molecule has 0 aliphatic rings.